The minimum Gasteiger partial charge on any atom is -0.370 e. The maximum absolute atomic E-state index is 6.17. The zero-order valence-electron chi connectivity index (χ0n) is 12.8. The largest absolute Gasteiger partial charge is 0.370 e. The third-order valence-corrected chi connectivity index (χ3v) is 3.82. The van der Waals surface area contributed by atoms with Crippen molar-refractivity contribution in [2.24, 2.45) is 0 Å². The fourth-order valence-electron chi connectivity index (χ4n) is 2.15. The van der Waals surface area contributed by atoms with E-state index < -0.39 is 0 Å². The van der Waals surface area contributed by atoms with Crippen LogP contribution in [-0.2, 0) is 12.8 Å². The molecule has 2 aromatic rings. The summed E-state index contributed by atoms with van der Waals surface area (Å²) >= 11 is 6.17. The first kappa shape index (κ1) is 15.8. The highest BCUT2D eigenvalue weighted by molar-refractivity contribution is 6.30. The topological polar surface area (TPSA) is 66.5 Å². The van der Waals surface area contributed by atoms with Gasteiger partial charge in [0.2, 0.25) is 0 Å². The molecule has 0 saturated heterocycles. The molecule has 0 spiro atoms. The Bertz CT molecular complexity index is 594. The normalized spacial score (nSPS) is 10.9. The number of H-pyrrole nitrogens is 1. The van der Waals surface area contributed by atoms with E-state index in [9.17, 15) is 0 Å². The number of hydrogen-bond donors (Lipinski definition) is 2. The molecule has 21 heavy (non-hydrogen) atoms. The minimum atomic E-state index is 0.543. The second kappa shape index (κ2) is 7.41. The van der Waals surface area contributed by atoms with Crippen molar-refractivity contribution in [2.45, 2.75) is 46.5 Å². The van der Waals surface area contributed by atoms with E-state index in [2.05, 4.69) is 32.4 Å². The van der Waals surface area contributed by atoms with Crippen LogP contribution in [0.4, 0.5) is 5.82 Å². The highest BCUT2D eigenvalue weighted by Crippen LogP contribution is 2.20. The molecule has 2 rings (SSSR count). The third kappa shape index (κ3) is 4.17. The van der Waals surface area contributed by atoms with E-state index in [0.29, 0.717) is 5.15 Å². The summed E-state index contributed by atoms with van der Waals surface area (Å²) in [6.07, 6.45) is 5.77. The summed E-state index contributed by atoms with van der Waals surface area (Å²) in [4.78, 5) is 8.86. The molecule has 0 aliphatic rings. The Morgan fingerprint density at radius 1 is 1.24 bits per heavy atom. The standard InChI is InChI=1S/C15H22ClN5/c1-4-6-13-19-14(16)10(2)15(20-13)17-8-5-7-12-9-18-21-11(12)3/h9H,4-8H2,1-3H3,(H,18,21)(H,17,19,20). The monoisotopic (exact) mass is 307 g/mol. The number of rotatable bonds is 7. The summed E-state index contributed by atoms with van der Waals surface area (Å²) in [5.74, 6) is 1.66. The zero-order chi connectivity index (χ0) is 15.2. The highest BCUT2D eigenvalue weighted by Gasteiger charge is 2.08. The van der Waals surface area contributed by atoms with Crippen molar-refractivity contribution in [3.63, 3.8) is 0 Å². The molecule has 0 unspecified atom stereocenters. The Hall–Kier alpha value is -1.62. The van der Waals surface area contributed by atoms with Gasteiger partial charge in [-0.2, -0.15) is 5.10 Å². The van der Waals surface area contributed by atoms with Gasteiger partial charge in [-0.1, -0.05) is 18.5 Å². The van der Waals surface area contributed by atoms with Crippen LogP contribution in [0.25, 0.3) is 0 Å². The highest BCUT2D eigenvalue weighted by atomic mass is 35.5. The number of nitrogens with one attached hydrogen (secondary N) is 2. The van der Waals surface area contributed by atoms with Crippen LogP contribution >= 0.6 is 11.6 Å². The third-order valence-electron chi connectivity index (χ3n) is 3.46. The molecule has 2 heterocycles. The maximum Gasteiger partial charge on any atom is 0.137 e. The summed E-state index contributed by atoms with van der Waals surface area (Å²) in [5, 5.41) is 10.9. The lowest BCUT2D eigenvalue weighted by Crippen LogP contribution is -2.09. The van der Waals surface area contributed by atoms with Crippen LogP contribution in [0.1, 0.15) is 42.4 Å². The van der Waals surface area contributed by atoms with Gasteiger partial charge >= 0.3 is 0 Å². The number of anilines is 1. The quantitative estimate of drug-likeness (QED) is 0.607. The van der Waals surface area contributed by atoms with Crippen LogP contribution in [0.5, 0.6) is 0 Å². The molecular weight excluding hydrogens is 286 g/mol. The molecule has 0 amide bonds. The van der Waals surface area contributed by atoms with Crippen molar-refractivity contribution >= 4 is 17.4 Å². The van der Waals surface area contributed by atoms with Crippen LogP contribution in [0, 0.1) is 13.8 Å². The lowest BCUT2D eigenvalue weighted by molar-refractivity contribution is 0.818. The second-order valence-corrected chi connectivity index (χ2v) is 5.56. The molecule has 0 aliphatic carbocycles. The first-order valence-corrected chi connectivity index (χ1v) is 7.75. The number of halogens is 1. The van der Waals surface area contributed by atoms with Crippen molar-refractivity contribution in [3.8, 4) is 0 Å². The van der Waals surface area contributed by atoms with Crippen LogP contribution in [-0.4, -0.2) is 26.7 Å². The van der Waals surface area contributed by atoms with E-state index in [4.69, 9.17) is 11.6 Å². The summed E-state index contributed by atoms with van der Waals surface area (Å²) in [6.45, 7) is 6.95. The first-order valence-electron chi connectivity index (χ1n) is 7.37. The number of aromatic amines is 1. The van der Waals surface area contributed by atoms with Crippen molar-refractivity contribution < 1.29 is 0 Å². The van der Waals surface area contributed by atoms with Gasteiger partial charge < -0.3 is 5.32 Å². The fraction of sp³-hybridized carbons (Fsp3) is 0.533. The Kier molecular flexibility index (Phi) is 5.56. The van der Waals surface area contributed by atoms with Gasteiger partial charge in [-0.25, -0.2) is 9.97 Å². The smallest absolute Gasteiger partial charge is 0.137 e. The second-order valence-electron chi connectivity index (χ2n) is 5.20. The molecule has 2 aromatic heterocycles. The van der Waals surface area contributed by atoms with E-state index in [1.54, 1.807) is 0 Å². The van der Waals surface area contributed by atoms with Crippen LogP contribution in [0.2, 0.25) is 5.15 Å². The van der Waals surface area contributed by atoms with Crippen LogP contribution < -0.4 is 5.32 Å². The Labute approximate surface area is 130 Å². The summed E-state index contributed by atoms with van der Waals surface area (Å²) < 4.78 is 0. The first-order chi connectivity index (χ1) is 10.1. The molecule has 2 N–H and O–H groups in total. The van der Waals surface area contributed by atoms with Crippen LogP contribution in [0.3, 0.4) is 0 Å². The minimum absolute atomic E-state index is 0.543. The average molecular weight is 308 g/mol. The number of aryl methyl sites for hydroxylation is 3. The van der Waals surface area contributed by atoms with Crippen LogP contribution in [0.15, 0.2) is 6.20 Å². The molecule has 0 fully saturated rings. The zero-order valence-corrected chi connectivity index (χ0v) is 13.6. The SMILES string of the molecule is CCCc1nc(Cl)c(C)c(NCCCc2cn[nH]c2C)n1. The van der Waals surface area contributed by atoms with Gasteiger partial charge in [-0.3, -0.25) is 5.10 Å². The van der Waals surface area contributed by atoms with E-state index >= 15 is 0 Å². The summed E-state index contributed by atoms with van der Waals surface area (Å²) in [5.41, 5.74) is 3.32. The van der Waals surface area contributed by atoms with Crippen molar-refractivity contribution in [1.29, 1.82) is 0 Å². The summed E-state index contributed by atoms with van der Waals surface area (Å²) in [6, 6.07) is 0. The Balaban J connectivity index is 1.92. The van der Waals surface area contributed by atoms with Gasteiger partial charge in [0.1, 0.15) is 16.8 Å². The summed E-state index contributed by atoms with van der Waals surface area (Å²) in [7, 11) is 0. The number of aromatic nitrogens is 4. The predicted molar refractivity (Wildman–Crippen MR) is 85.9 cm³/mol. The molecule has 114 valence electrons. The fourth-order valence-corrected chi connectivity index (χ4v) is 2.34. The van der Waals surface area contributed by atoms with Crippen molar-refractivity contribution in [2.75, 3.05) is 11.9 Å². The molecule has 6 heteroatoms. The lowest BCUT2D eigenvalue weighted by atomic mass is 10.1. The molecule has 0 saturated carbocycles. The van der Waals surface area contributed by atoms with Gasteiger partial charge in [-0.05, 0) is 38.7 Å². The van der Waals surface area contributed by atoms with Gasteiger partial charge in [0.05, 0.1) is 6.20 Å². The molecule has 0 atom stereocenters. The molecule has 0 aliphatic heterocycles. The number of nitrogens with zero attached hydrogens (tertiary/aromatic N) is 3. The van der Waals surface area contributed by atoms with Gasteiger partial charge in [-0.15, -0.1) is 0 Å². The maximum atomic E-state index is 6.17. The Morgan fingerprint density at radius 3 is 2.71 bits per heavy atom. The van der Waals surface area contributed by atoms with Gasteiger partial charge in [0, 0.05) is 24.2 Å². The van der Waals surface area contributed by atoms with Gasteiger partial charge in [0.25, 0.3) is 0 Å². The van der Waals surface area contributed by atoms with E-state index in [0.717, 1.165) is 55.1 Å². The molecule has 0 bridgehead atoms. The van der Waals surface area contributed by atoms with Crippen molar-refractivity contribution in [1.82, 2.24) is 20.2 Å². The molecule has 0 radical (unpaired) electrons. The van der Waals surface area contributed by atoms with E-state index in [1.807, 2.05) is 20.0 Å². The van der Waals surface area contributed by atoms with Crippen molar-refractivity contribution in [3.05, 3.63) is 34.0 Å². The lowest BCUT2D eigenvalue weighted by Gasteiger charge is -2.11. The predicted octanol–water partition coefficient (Wildman–Crippen LogP) is 3.47. The number of hydrogen-bond acceptors (Lipinski definition) is 4. The van der Waals surface area contributed by atoms with Gasteiger partial charge in [0.15, 0.2) is 0 Å². The molecular formula is C15H22ClN5. The molecule has 0 aromatic carbocycles. The van der Waals surface area contributed by atoms with E-state index in [-0.39, 0.29) is 0 Å². The van der Waals surface area contributed by atoms with E-state index in [1.165, 1.54) is 5.56 Å². The Morgan fingerprint density at radius 2 is 2.05 bits per heavy atom. The average Bonchev–Trinajstić information content (AvgIpc) is 2.85. The molecule has 5 nitrogen and oxygen atoms in total.